The molecule has 31 heavy (non-hydrogen) atoms. The zero-order chi connectivity index (χ0) is 22.1. The molecule has 6 N–H and O–H groups in total. The summed E-state index contributed by atoms with van der Waals surface area (Å²) >= 11 is 0. The van der Waals surface area contributed by atoms with Crippen LogP contribution in [0.15, 0.2) is 72.8 Å². The highest BCUT2D eigenvalue weighted by molar-refractivity contribution is 5.99. The highest BCUT2D eigenvalue weighted by Crippen LogP contribution is 2.19. The first kappa shape index (κ1) is 22.5. The topological polar surface area (TPSA) is 110 Å². The predicted molar refractivity (Wildman–Crippen MR) is 126 cm³/mol. The molecule has 0 aliphatic rings. The number of hydrogen-bond donors (Lipinski definition) is 4. The van der Waals surface area contributed by atoms with E-state index in [1.165, 1.54) is 0 Å². The molecule has 3 rings (SSSR count). The van der Waals surface area contributed by atoms with Crippen LogP contribution < -0.4 is 22.1 Å². The number of nitrogens with two attached hydrogens (primary N) is 2. The maximum Gasteiger partial charge on any atom is 0.246 e. The van der Waals surface area contributed by atoms with E-state index in [0.29, 0.717) is 37.9 Å². The fourth-order valence-electron chi connectivity index (χ4n) is 3.47. The minimum Gasteiger partial charge on any atom is -0.343 e. The molecule has 0 bridgehead atoms. The number of carbonyl (C=O) groups excluding carboxylic acids is 2. The first-order chi connectivity index (χ1) is 15.1. The Kier molecular flexibility index (Phi) is 8.15. The smallest absolute Gasteiger partial charge is 0.246 e. The number of nitrogens with one attached hydrogen (secondary N) is 2. The van der Waals surface area contributed by atoms with E-state index in [2.05, 4.69) is 10.6 Å². The van der Waals surface area contributed by atoms with Gasteiger partial charge < -0.3 is 22.1 Å². The lowest BCUT2D eigenvalue weighted by atomic mass is 10.0. The van der Waals surface area contributed by atoms with Crippen LogP contribution in [0, 0.1) is 0 Å². The Bertz CT molecular complexity index is 1010. The van der Waals surface area contributed by atoms with Gasteiger partial charge in [0.1, 0.15) is 6.04 Å². The Balaban J connectivity index is 1.71. The summed E-state index contributed by atoms with van der Waals surface area (Å²) in [5.41, 5.74) is 13.3. The normalized spacial score (nSPS) is 12.8. The monoisotopic (exact) mass is 418 g/mol. The highest BCUT2D eigenvalue weighted by Gasteiger charge is 2.23. The summed E-state index contributed by atoms with van der Waals surface area (Å²) in [5.74, 6) is -0.592. The summed E-state index contributed by atoms with van der Waals surface area (Å²) in [7, 11) is 0. The number of aryl methyl sites for hydroxylation is 1. The van der Waals surface area contributed by atoms with E-state index in [0.717, 1.165) is 16.3 Å². The molecule has 0 saturated carbocycles. The number of rotatable bonds is 10. The van der Waals surface area contributed by atoms with Gasteiger partial charge in [-0.15, -0.1) is 0 Å². The average Bonchev–Trinajstić information content (AvgIpc) is 2.80. The summed E-state index contributed by atoms with van der Waals surface area (Å²) in [4.78, 5) is 25.6. The first-order valence-corrected chi connectivity index (χ1v) is 10.7. The third kappa shape index (κ3) is 6.64. The van der Waals surface area contributed by atoms with Crippen molar-refractivity contribution in [2.75, 3.05) is 11.9 Å². The van der Waals surface area contributed by atoms with Gasteiger partial charge >= 0.3 is 0 Å². The highest BCUT2D eigenvalue weighted by atomic mass is 16.2. The molecule has 6 nitrogen and oxygen atoms in total. The zero-order valence-corrected chi connectivity index (χ0v) is 17.6. The second-order valence-corrected chi connectivity index (χ2v) is 7.67. The van der Waals surface area contributed by atoms with E-state index in [1.807, 2.05) is 72.8 Å². The number of fused-ring (bicyclic) bond motifs is 1. The van der Waals surface area contributed by atoms with Crippen LogP contribution in [0.5, 0.6) is 0 Å². The van der Waals surface area contributed by atoms with Crippen molar-refractivity contribution in [2.24, 2.45) is 11.5 Å². The van der Waals surface area contributed by atoms with E-state index in [9.17, 15) is 9.59 Å². The number of carbonyl (C=O) groups is 2. The summed E-state index contributed by atoms with van der Waals surface area (Å²) in [6, 6.07) is 22.2. The third-order valence-corrected chi connectivity index (χ3v) is 5.27. The SMILES string of the molecule is NCCC[C@@H](N)C(=O)N[C@H](CCc1ccccc1)C(=O)Nc1ccc2ccccc2c1. The van der Waals surface area contributed by atoms with Gasteiger partial charge in [0, 0.05) is 5.69 Å². The van der Waals surface area contributed by atoms with Gasteiger partial charge in [-0.25, -0.2) is 0 Å². The van der Waals surface area contributed by atoms with E-state index in [-0.39, 0.29) is 11.8 Å². The van der Waals surface area contributed by atoms with Gasteiger partial charge in [-0.1, -0.05) is 60.7 Å². The average molecular weight is 419 g/mol. The zero-order valence-electron chi connectivity index (χ0n) is 17.6. The van der Waals surface area contributed by atoms with Crippen molar-refractivity contribution in [2.45, 2.75) is 37.8 Å². The molecule has 0 spiro atoms. The molecule has 6 heteroatoms. The summed E-state index contributed by atoms with van der Waals surface area (Å²) in [6.45, 7) is 0.473. The standard InChI is InChI=1S/C25H30N4O2/c26-16-6-11-22(27)24(30)29-23(15-12-18-7-2-1-3-8-18)25(31)28-21-14-13-19-9-4-5-10-20(19)17-21/h1-5,7-10,13-14,17,22-23H,6,11-12,15-16,26-27H2,(H,28,31)(H,29,30)/t22-,23-/m1/s1. The molecular formula is C25H30N4O2. The summed E-state index contributed by atoms with van der Waals surface area (Å²) in [6.07, 6.45) is 2.28. The van der Waals surface area contributed by atoms with Crippen LogP contribution in [0.25, 0.3) is 10.8 Å². The Morgan fingerprint density at radius 3 is 2.29 bits per heavy atom. The summed E-state index contributed by atoms with van der Waals surface area (Å²) in [5, 5.41) is 7.91. The fraction of sp³-hybridized carbons (Fsp3) is 0.280. The minimum atomic E-state index is -0.692. The molecule has 0 aromatic heterocycles. The molecule has 0 aliphatic heterocycles. The van der Waals surface area contributed by atoms with Crippen LogP contribution in [0.3, 0.4) is 0 Å². The van der Waals surface area contributed by atoms with Gasteiger partial charge in [0.25, 0.3) is 0 Å². The molecule has 2 amide bonds. The van der Waals surface area contributed by atoms with Crippen molar-refractivity contribution in [3.8, 4) is 0 Å². The largest absolute Gasteiger partial charge is 0.343 e. The second kappa shape index (κ2) is 11.2. The van der Waals surface area contributed by atoms with Crippen molar-refractivity contribution >= 4 is 28.3 Å². The van der Waals surface area contributed by atoms with Crippen molar-refractivity contribution in [1.29, 1.82) is 0 Å². The van der Waals surface area contributed by atoms with Gasteiger partial charge in [-0.3, -0.25) is 9.59 Å². The molecule has 2 atom stereocenters. The van der Waals surface area contributed by atoms with Crippen molar-refractivity contribution < 1.29 is 9.59 Å². The fourth-order valence-corrected chi connectivity index (χ4v) is 3.47. The molecule has 0 aliphatic carbocycles. The summed E-state index contributed by atoms with van der Waals surface area (Å²) < 4.78 is 0. The Hall–Kier alpha value is -3.22. The third-order valence-electron chi connectivity index (χ3n) is 5.27. The minimum absolute atomic E-state index is 0.259. The maximum atomic E-state index is 13.1. The van der Waals surface area contributed by atoms with Crippen LogP contribution in [-0.2, 0) is 16.0 Å². The quantitative estimate of drug-likeness (QED) is 0.406. The van der Waals surface area contributed by atoms with Crippen molar-refractivity contribution in [3.05, 3.63) is 78.4 Å². The van der Waals surface area contributed by atoms with Gasteiger partial charge in [0.05, 0.1) is 6.04 Å². The molecule has 0 unspecified atom stereocenters. The number of amides is 2. The van der Waals surface area contributed by atoms with Gasteiger partial charge in [-0.2, -0.15) is 0 Å². The van der Waals surface area contributed by atoms with E-state index < -0.39 is 12.1 Å². The van der Waals surface area contributed by atoms with Crippen LogP contribution in [0.2, 0.25) is 0 Å². The van der Waals surface area contributed by atoms with Crippen LogP contribution in [-0.4, -0.2) is 30.4 Å². The number of hydrogen-bond acceptors (Lipinski definition) is 4. The van der Waals surface area contributed by atoms with E-state index in [1.54, 1.807) is 0 Å². The Morgan fingerprint density at radius 1 is 0.839 bits per heavy atom. The molecule has 0 fully saturated rings. The number of benzene rings is 3. The Morgan fingerprint density at radius 2 is 1.55 bits per heavy atom. The van der Waals surface area contributed by atoms with Crippen LogP contribution in [0.1, 0.15) is 24.8 Å². The lowest BCUT2D eigenvalue weighted by Gasteiger charge is -2.21. The lowest BCUT2D eigenvalue weighted by Crippen LogP contribution is -2.50. The molecule has 3 aromatic carbocycles. The maximum absolute atomic E-state index is 13.1. The van der Waals surface area contributed by atoms with Crippen LogP contribution >= 0.6 is 0 Å². The van der Waals surface area contributed by atoms with Gasteiger partial charge in [0.2, 0.25) is 11.8 Å². The molecular weight excluding hydrogens is 388 g/mol. The van der Waals surface area contributed by atoms with Crippen molar-refractivity contribution in [3.63, 3.8) is 0 Å². The predicted octanol–water partition coefficient (Wildman–Crippen LogP) is 2.96. The first-order valence-electron chi connectivity index (χ1n) is 10.7. The van der Waals surface area contributed by atoms with Gasteiger partial charge in [0.15, 0.2) is 0 Å². The van der Waals surface area contributed by atoms with E-state index >= 15 is 0 Å². The second-order valence-electron chi connectivity index (χ2n) is 7.67. The van der Waals surface area contributed by atoms with E-state index in [4.69, 9.17) is 11.5 Å². The number of anilines is 1. The molecule has 0 saturated heterocycles. The van der Waals surface area contributed by atoms with Crippen LogP contribution in [0.4, 0.5) is 5.69 Å². The molecule has 3 aromatic rings. The molecule has 0 heterocycles. The Labute approximate surface area is 183 Å². The molecule has 0 radical (unpaired) electrons. The van der Waals surface area contributed by atoms with Gasteiger partial charge in [-0.05, 0) is 60.7 Å². The lowest BCUT2D eigenvalue weighted by molar-refractivity contribution is -0.127. The van der Waals surface area contributed by atoms with Crippen molar-refractivity contribution in [1.82, 2.24) is 5.32 Å². The molecule has 162 valence electrons.